The molecule has 230 valence electrons. The number of benzene rings is 4. The summed E-state index contributed by atoms with van der Waals surface area (Å²) in [4.78, 5) is 29.7. The zero-order valence-corrected chi connectivity index (χ0v) is 27.0. The number of amides is 2. The molecule has 0 saturated carbocycles. The van der Waals surface area contributed by atoms with Crippen molar-refractivity contribution in [2.75, 3.05) is 10.8 Å². The van der Waals surface area contributed by atoms with Crippen LogP contribution in [-0.4, -0.2) is 43.8 Å². The second kappa shape index (κ2) is 13.6. The van der Waals surface area contributed by atoms with Crippen molar-refractivity contribution in [3.8, 4) is 0 Å². The molecule has 4 aromatic rings. The van der Waals surface area contributed by atoms with Crippen molar-refractivity contribution in [3.63, 3.8) is 0 Å². The highest BCUT2D eigenvalue weighted by atomic mass is 35.5. The number of nitrogens with zero attached hydrogens (tertiary/aromatic N) is 2. The summed E-state index contributed by atoms with van der Waals surface area (Å²) < 4.78 is 28.3. The van der Waals surface area contributed by atoms with Gasteiger partial charge in [0.25, 0.3) is 10.0 Å². The van der Waals surface area contributed by atoms with Crippen molar-refractivity contribution in [1.82, 2.24) is 10.2 Å². The van der Waals surface area contributed by atoms with Crippen molar-refractivity contribution in [1.29, 1.82) is 0 Å². The number of sulfonamides is 1. The first kappa shape index (κ1) is 31.8. The SMILES string of the molecule is CCC(C)NC(=O)C(Cc1ccccc1)N(Cc1ccc(Cl)c(Cl)c1)C(=O)CCCN1c2cccc3cccc(c23)S1(=O)=O. The van der Waals surface area contributed by atoms with Gasteiger partial charge in [-0.15, -0.1) is 0 Å². The number of carbonyl (C=O) groups excluding carboxylic acids is 2. The highest BCUT2D eigenvalue weighted by Gasteiger charge is 2.36. The van der Waals surface area contributed by atoms with Crippen LogP contribution >= 0.6 is 23.2 Å². The van der Waals surface area contributed by atoms with Gasteiger partial charge in [-0.3, -0.25) is 13.9 Å². The van der Waals surface area contributed by atoms with E-state index in [0.29, 0.717) is 27.5 Å². The van der Waals surface area contributed by atoms with E-state index in [-0.39, 0.29) is 48.7 Å². The molecular formula is C34H35Cl2N3O4S. The number of anilines is 1. The van der Waals surface area contributed by atoms with Crippen LogP contribution in [0.4, 0.5) is 5.69 Å². The summed E-state index contributed by atoms with van der Waals surface area (Å²) >= 11 is 12.5. The molecule has 0 aromatic heterocycles. The predicted octanol–water partition coefficient (Wildman–Crippen LogP) is 6.99. The van der Waals surface area contributed by atoms with Crippen LogP contribution in [0.25, 0.3) is 10.8 Å². The van der Waals surface area contributed by atoms with Gasteiger partial charge in [-0.1, -0.05) is 90.8 Å². The number of hydrogen-bond acceptors (Lipinski definition) is 4. The Morgan fingerprint density at radius 2 is 1.64 bits per heavy atom. The molecule has 0 bridgehead atoms. The van der Waals surface area contributed by atoms with E-state index in [1.807, 2.05) is 62.4 Å². The van der Waals surface area contributed by atoms with E-state index >= 15 is 0 Å². The minimum Gasteiger partial charge on any atom is -0.352 e. The normalized spacial score (nSPS) is 14.8. The Labute approximate surface area is 268 Å². The lowest BCUT2D eigenvalue weighted by Crippen LogP contribution is -2.52. The highest BCUT2D eigenvalue weighted by molar-refractivity contribution is 7.93. The molecule has 1 aliphatic heterocycles. The van der Waals surface area contributed by atoms with Gasteiger partial charge in [0.1, 0.15) is 6.04 Å². The Morgan fingerprint density at radius 3 is 2.34 bits per heavy atom. The lowest BCUT2D eigenvalue weighted by molar-refractivity contribution is -0.141. The smallest absolute Gasteiger partial charge is 0.265 e. The minimum atomic E-state index is -3.74. The highest BCUT2D eigenvalue weighted by Crippen LogP contribution is 2.42. The zero-order chi connectivity index (χ0) is 31.4. The summed E-state index contributed by atoms with van der Waals surface area (Å²) in [6, 6.07) is 24.6. The molecule has 4 aromatic carbocycles. The molecule has 10 heteroatoms. The maximum absolute atomic E-state index is 14.1. The van der Waals surface area contributed by atoms with Gasteiger partial charge in [0.15, 0.2) is 0 Å². The Kier molecular flexibility index (Phi) is 9.83. The van der Waals surface area contributed by atoms with E-state index in [4.69, 9.17) is 23.2 Å². The number of nitrogens with one attached hydrogen (secondary N) is 1. The molecule has 0 radical (unpaired) electrons. The van der Waals surface area contributed by atoms with Gasteiger partial charge in [-0.05, 0) is 60.5 Å². The van der Waals surface area contributed by atoms with E-state index in [9.17, 15) is 18.0 Å². The summed E-state index contributed by atoms with van der Waals surface area (Å²) in [5, 5.41) is 5.36. The van der Waals surface area contributed by atoms with Gasteiger partial charge < -0.3 is 10.2 Å². The van der Waals surface area contributed by atoms with Crippen LogP contribution in [0.2, 0.25) is 10.0 Å². The molecule has 5 rings (SSSR count). The topological polar surface area (TPSA) is 86.8 Å². The van der Waals surface area contributed by atoms with Crippen molar-refractivity contribution in [2.45, 2.75) is 63.1 Å². The summed E-state index contributed by atoms with van der Waals surface area (Å²) in [5.41, 5.74) is 2.26. The summed E-state index contributed by atoms with van der Waals surface area (Å²) in [7, 11) is -3.74. The molecule has 1 aliphatic rings. The van der Waals surface area contributed by atoms with Gasteiger partial charge in [-0.25, -0.2) is 8.42 Å². The van der Waals surface area contributed by atoms with Crippen molar-refractivity contribution < 1.29 is 18.0 Å². The molecule has 1 heterocycles. The number of rotatable bonds is 12. The molecule has 2 amide bonds. The summed E-state index contributed by atoms with van der Waals surface area (Å²) in [5.74, 6) is -0.510. The van der Waals surface area contributed by atoms with Crippen LogP contribution in [0.1, 0.15) is 44.2 Å². The van der Waals surface area contributed by atoms with Gasteiger partial charge in [0, 0.05) is 37.4 Å². The van der Waals surface area contributed by atoms with E-state index < -0.39 is 16.1 Å². The first-order chi connectivity index (χ1) is 21.1. The fraction of sp³-hybridized carbons (Fsp3) is 0.294. The number of hydrogen-bond donors (Lipinski definition) is 1. The van der Waals surface area contributed by atoms with Gasteiger partial charge in [0.2, 0.25) is 11.8 Å². The molecule has 44 heavy (non-hydrogen) atoms. The average Bonchev–Trinajstić information content (AvgIpc) is 3.24. The van der Waals surface area contributed by atoms with Crippen LogP contribution in [0.5, 0.6) is 0 Å². The largest absolute Gasteiger partial charge is 0.352 e. The molecule has 0 fully saturated rings. The lowest BCUT2D eigenvalue weighted by atomic mass is 10.0. The number of halogens is 2. The molecule has 0 saturated heterocycles. The lowest BCUT2D eigenvalue weighted by Gasteiger charge is -2.32. The van der Waals surface area contributed by atoms with E-state index in [1.54, 1.807) is 41.3 Å². The zero-order valence-electron chi connectivity index (χ0n) is 24.7. The Morgan fingerprint density at radius 1 is 0.909 bits per heavy atom. The van der Waals surface area contributed by atoms with E-state index in [0.717, 1.165) is 22.9 Å². The first-order valence-electron chi connectivity index (χ1n) is 14.7. The van der Waals surface area contributed by atoms with Gasteiger partial charge in [-0.2, -0.15) is 0 Å². The third kappa shape index (κ3) is 6.72. The average molecular weight is 653 g/mol. The molecule has 0 aliphatic carbocycles. The van der Waals surface area contributed by atoms with Crippen molar-refractivity contribution in [2.24, 2.45) is 0 Å². The van der Waals surface area contributed by atoms with Crippen molar-refractivity contribution >= 4 is 61.5 Å². The molecule has 2 atom stereocenters. The standard InChI is InChI=1S/C34H35Cl2N3O4S/c1-3-23(2)37-34(41)30(21-24-10-5-4-6-11-24)38(22-25-17-18-27(35)28(36)20-25)32(40)16-9-19-39-29-14-7-12-26-13-8-15-31(33(26)29)44(39,42)43/h4-8,10-15,17-18,20,23,30H,3,9,16,19,21-22H2,1-2H3,(H,37,41). The fourth-order valence-electron chi connectivity index (χ4n) is 5.55. The van der Waals surface area contributed by atoms with Crippen LogP contribution < -0.4 is 9.62 Å². The summed E-state index contributed by atoms with van der Waals surface area (Å²) in [6.07, 6.45) is 1.37. The van der Waals surface area contributed by atoms with Crippen LogP contribution in [0.3, 0.4) is 0 Å². The number of carbonyl (C=O) groups is 2. The molecular weight excluding hydrogens is 617 g/mol. The summed E-state index contributed by atoms with van der Waals surface area (Å²) in [6.45, 7) is 4.18. The van der Waals surface area contributed by atoms with Gasteiger partial charge in [0.05, 0.1) is 20.6 Å². The van der Waals surface area contributed by atoms with Gasteiger partial charge >= 0.3 is 0 Å². The maximum Gasteiger partial charge on any atom is 0.265 e. The first-order valence-corrected chi connectivity index (χ1v) is 16.9. The van der Waals surface area contributed by atoms with Crippen LogP contribution in [-0.2, 0) is 32.6 Å². The minimum absolute atomic E-state index is 0.0432. The third-order valence-corrected chi connectivity index (χ3v) is 10.6. The van der Waals surface area contributed by atoms with Crippen LogP contribution in [0, 0.1) is 0 Å². The third-order valence-electron chi connectivity index (χ3n) is 8.04. The molecule has 2 unspecified atom stereocenters. The van der Waals surface area contributed by atoms with Crippen LogP contribution in [0.15, 0.2) is 89.8 Å². The molecule has 0 spiro atoms. The maximum atomic E-state index is 14.1. The van der Waals surface area contributed by atoms with E-state index in [2.05, 4.69) is 5.32 Å². The quantitative estimate of drug-likeness (QED) is 0.179. The Hall–Kier alpha value is -3.59. The molecule has 7 nitrogen and oxygen atoms in total. The predicted molar refractivity (Wildman–Crippen MR) is 177 cm³/mol. The van der Waals surface area contributed by atoms with E-state index in [1.165, 1.54) is 4.31 Å². The fourth-order valence-corrected chi connectivity index (χ4v) is 7.62. The molecule has 1 N–H and O–H groups in total. The Bertz CT molecular complexity index is 1780. The second-order valence-corrected chi connectivity index (χ2v) is 13.8. The Balaban J connectivity index is 1.41. The van der Waals surface area contributed by atoms with Crippen molar-refractivity contribution in [3.05, 3.63) is 106 Å². The second-order valence-electron chi connectivity index (χ2n) is 11.1. The monoisotopic (exact) mass is 651 g/mol.